The van der Waals surface area contributed by atoms with Crippen LogP contribution in [0.1, 0.15) is 20.7 Å². The molecule has 0 atom stereocenters. The lowest BCUT2D eigenvalue weighted by atomic mass is 9.92. The molecule has 1 amide bonds. The molecule has 120 valence electrons. The fraction of sp³-hybridized carbons (Fsp3) is 0. The van der Waals surface area contributed by atoms with Crippen LogP contribution < -0.4 is 4.90 Å². The van der Waals surface area contributed by atoms with E-state index in [0.717, 1.165) is 8.47 Å². The number of hydrogen-bond acceptors (Lipinski definition) is 3. The van der Waals surface area contributed by atoms with Crippen LogP contribution in [0.15, 0.2) is 59.3 Å². The fourth-order valence-corrected chi connectivity index (χ4v) is 3.09. The molecule has 1 aliphatic rings. The molecule has 0 heterocycles. The first kappa shape index (κ1) is 16.7. The topological polar surface area (TPSA) is 74.7 Å². The monoisotopic (exact) mass is 453 g/mol. The molecule has 7 heteroatoms. The Morgan fingerprint density at radius 2 is 1.50 bits per heavy atom. The van der Waals surface area contributed by atoms with Crippen molar-refractivity contribution in [2.75, 3.05) is 4.90 Å². The van der Waals surface area contributed by atoms with Crippen molar-refractivity contribution in [3.63, 3.8) is 0 Å². The number of ketones is 2. The maximum atomic E-state index is 12.8. The number of hydrogen-bond donors (Lipinski definition) is 1. The molecule has 1 aliphatic carbocycles. The first-order chi connectivity index (χ1) is 11.4. The summed E-state index contributed by atoms with van der Waals surface area (Å²) in [6, 6.07) is 12.7. The van der Waals surface area contributed by atoms with Gasteiger partial charge in [0.2, 0.25) is 11.6 Å². The van der Waals surface area contributed by atoms with Crippen molar-refractivity contribution in [3.05, 3.63) is 74.0 Å². The highest BCUT2D eigenvalue weighted by Crippen LogP contribution is 2.33. The third-order valence-corrected chi connectivity index (χ3v) is 4.61. The Bertz CT molecular complexity index is 905. The van der Waals surface area contributed by atoms with E-state index in [4.69, 9.17) is 11.6 Å². The van der Waals surface area contributed by atoms with Crippen molar-refractivity contribution in [1.29, 1.82) is 0 Å². The van der Waals surface area contributed by atoms with Crippen LogP contribution in [0, 0.1) is 3.57 Å². The molecule has 3 rings (SSSR count). The number of anilines is 1. The number of halogens is 2. The van der Waals surface area contributed by atoms with Crippen LogP contribution in [0.25, 0.3) is 0 Å². The number of carboxylic acid groups (broad SMARTS) is 1. The van der Waals surface area contributed by atoms with E-state index in [9.17, 15) is 19.5 Å². The number of amides is 1. The summed E-state index contributed by atoms with van der Waals surface area (Å²) >= 11 is 8.16. The fourth-order valence-electron chi connectivity index (χ4n) is 2.46. The van der Waals surface area contributed by atoms with Crippen LogP contribution in [-0.4, -0.2) is 22.8 Å². The quantitative estimate of drug-likeness (QED) is 0.688. The summed E-state index contributed by atoms with van der Waals surface area (Å²) in [6.07, 6.45) is -1.40. The summed E-state index contributed by atoms with van der Waals surface area (Å²) in [5, 5.41) is 9.18. The summed E-state index contributed by atoms with van der Waals surface area (Å²) in [6.45, 7) is 0. The van der Waals surface area contributed by atoms with Gasteiger partial charge in [-0.05, 0) is 46.9 Å². The minimum atomic E-state index is -1.40. The molecule has 2 aromatic carbocycles. The maximum Gasteiger partial charge on any atom is 0.416 e. The lowest BCUT2D eigenvalue weighted by Gasteiger charge is -2.26. The van der Waals surface area contributed by atoms with Crippen LogP contribution in [0.2, 0.25) is 0 Å². The third-order valence-electron chi connectivity index (χ3n) is 3.54. The molecule has 0 saturated carbocycles. The Morgan fingerprint density at radius 1 is 0.958 bits per heavy atom. The number of carbonyl (C=O) groups is 3. The molecular formula is C17H9ClINO4. The average Bonchev–Trinajstić information content (AvgIpc) is 2.57. The minimum Gasteiger partial charge on any atom is -0.464 e. The van der Waals surface area contributed by atoms with Crippen LogP contribution in [0.4, 0.5) is 10.5 Å². The Morgan fingerprint density at radius 3 is 2.04 bits per heavy atom. The summed E-state index contributed by atoms with van der Waals surface area (Å²) in [5.74, 6) is -1.17. The SMILES string of the molecule is O=C1C(Cl)=C(N(C(=O)O)c2ccc(I)cc2)C(=O)c2ccccc21. The largest absolute Gasteiger partial charge is 0.464 e. The highest BCUT2D eigenvalue weighted by atomic mass is 127. The van der Waals surface area contributed by atoms with Gasteiger partial charge in [0.05, 0.1) is 5.69 Å². The van der Waals surface area contributed by atoms with Gasteiger partial charge in [0.15, 0.2) is 0 Å². The number of benzene rings is 2. The Hall–Kier alpha value is -2.19. The van der Waals surface area contributed by atoms with Crippen LogP contribution in [0.5, 0.6) is 0 Å². The minimum absolute atomic E-state index is 0.138. The summed E-state index contributed by atoms with van der Waals surface area (Å²) in [7, 11) is 0. The lowest BCUT2D eigenvalue weighted by molar-refractivity contribution is 0.0977. The Labute approximate surface area is 155 Å². The van der Waals surface area contributed by atoms with Gasteiger partial charge in [-0.25, -0.2) is 9.69 Å². The number of carbonyl (C=O) groups excluding carboxylic acids is 2. The second kappa shape index (κ2) is 6.37. The number of fused-ring (bicyclic) bond motifs is 1. The molecule has 0 bridgehead atoms. The van der Waals surface area contributed by atoms with Gasteiger partial charge in [-0.2, -0.15) is 0 Å². The second-order valence-electron chi connectivity index (χ2n) is 4.96. The number of Topliss-reactive ketones (excluding diaryl/α,β-unsaturated/α-hetero) is 2. The summed E-state index contributed by atoms with van der Waals surface area (Å²) in [5.41, 5.74) is 0.188. The normalized spacial score (nSPS) is 13.8. The molecule has 24 heavy (non-hydrogen) atoms. The van der Waals surface area contributed by atoms with Gasteiger partial charge in [0.25, 0.3) is 0 Å². The molecule has 0 spiro atoms. The van der Waals surface area contributed by atoms with Crippen LogP contribution >= 0.6 is 34.2 Å². The number of rotatable bonds is 2. The van der Waals surface area contributed by atoms with E-state index in [1.54, 1.807) is 36.4 Å². The van der Waals surface area contributed by atoms with E-state index in [1.165, 1.54) is 12.1 Å². The molecule has 5 nitrogen and oxygen atoms in total. The average molecular weight is 454 g/mol. The number of allylic oxidation sites excluding steroid dienone is 2. The van der Waals surface area contributed by atoms with Crippen molar-refractivity contribution >= 4 is 57.5 Å². The Kier molecular flexibility index (Phi) is 4.42. The standard InChI is InChI=1S/C17H9ClINO4/c18-13-14(16(22)12-4-2-1-3-11(12)15(13)21)20(17(23)24)10-7-5-9(19)6-8-10/h1-8H,(H,23,24). The molecule has 0 radical (unpaired) electrons. The zero-order valence-electron chi connectivity index (χ0n) is 12.0. The van der Waals surface area contributed by atoms with Crippen molar-refractivity contribution < 1.29 is 19.5 Å². The molecule has 0 saturated heterocycles. The smallest absolute Gasteiger partial charge is 0.416 e. The van der Waals surface area contributed by atoms with E-state index in [0.29, 0.717) is 0 Å². The van der Waals surface area contributed by atoms with Gasteiger partial charge >= 0.3 is 6.09 Å². The zero-order valence-corrected chi connectivity index (χ0v) is 14.9. The van der Waals surface area contributed by atoms with Crippen LogP contribution in [0.3, 0.4) is 0 Å². The highest BCUT2D eigenvalue weighted by Gasteiger charge is 2.37. The van der Waals surface area contributed by atoms with Crippen molar-refractivity contribution in [2.45, 2.75) is 0 Å². The van der Waals surface area contributed by atoms with Crippen molar-refractivity contribution in [2.24, 2.45) is 0 Å². The van der Waals surface area contributed by atoms with Crippen LogP contribution in [-0.2, 0) is 0 Å². The molecule has 0 unspecified atom stereocenters. The third kappa shape index (κ3) is 2.71. The molecule has 0 fully saturated rings. The lowest BCUT2D eigenvalue weighted by Crippen LogP contribution is -2.36. The molecular weight excluding hydrogens is 445 g/mol. The first-order valence-corrected chi connectivity index (χ1v) is 8.24. The van der Waals surface area contributed by atoms with Gasteiger partial charge < -0.3 is 5.11 Å². The zero-order chi connectivity index (χ0) is 17.4. The van der Waals surface area contributed by atoms with Gasteiger partial charge in [-0.3, -0.25) is 9.59 Å². The molecule has 1 N–H and O–H groups in total. The molecule has 2 aromatic rings. The predicted molar refractivity (Wildman–Crippen MR) is 97.6 cm³/mol. The van der Waals surface area contributed by atoms with Gasteiger partial charge in [-0.15, -0.1) is 0 Å². The van der Waals surface area contributed by atoms with E-state index < -0.39 is 22.7 Å². The van der Waals surface area contributed by atoms with E-state index in [-0.39, 0.29) is 22.5 Å². The number of nitrogens with zero attached hydrogens (tertiary/aromatic N) is 1. The van der Waals surface area contributed by atoms with Gasteiger partial charge in [-0.1, -0.05) is 35.9 Å². The van der Waals surface area contributed by atoms with E-state index in [1.807, 2.05) is 0 Å². The summed E-state index contributed by atoms with van der Waals surface area (Å²) < 4.78 is 0.901. The second-order valence-corrected chi connectivity index (χ2v) is 6.58. The molecule has 0 aromatic heterocycles. The van der Waals surface area contributed by atoms with Crippen molar-refractivity contribution in [3.8, 4) is 0 Å². The molecule has 0 aliphatic heterocycles. The Balaban J connectivity index is 2.20. The van der Waals surface area contributed by atoms with E-state index in [2.05, 4.69) is 22.6 Å². The first-order valence-electron chi connectivity index (χ1n) is 6.78. The maximum absolute atomic E-state index is 12.8. The van der Waals surface area contributed by atoms with Crippen molar-refractivity contribution in [1.82, 2.24) is 0 Å². The summed E-state index contributed by atoms with van der Waals surface area (Å²) in [4.78, 5) is 37.7. The van der Waals surface area contributed by atoms with E-state index >= 15 is 0 Å². The highest BCUT2D eigenvalue weighted by molar-refractivity contribution is 14.1. The van der Waals surface area contributed by atoms with Gasteiger partial charge in [0, 0.05) is 14.7 Å². The van der Waals surface area contributed by atoms with Gasteiger partial charge in [0.1, 0.15) is 10.7 Å². The predicted octanol–water partition coefficient (Wildman–Crippen LogP) is 4.31.